The van der Waals surface area contributed by atoms with E-state index in [-0.39, 0.29) is 6.04 Å². The molecule has 0 saturated carbocycles. The van der Waals surface area contributed by atoms with E-state index >= 15 is 0 Å². The van der Waals surface area contributed by atoms with Gasteiger partial charge in [0, 0.05) is 5.92 Å². The molecule has 142 valence electrons. The fraction of sp³-hybridized carbons (Fsp3) is 0.450. The molecule has 1 aliphatic heterocycles. The van der Waals surface area contributed by atoms with Crippen molar-refractivity contribution in [2.45, 2.75) is 26.4 Å². The normalized spacial score (nSPS) is 21.4. The van der Waals surface area contributed by atoms with Crippen molar-refractivity contribution >= 4 is 5.69 Å². The number of nitrogens with one attached hydrogen (secondary N) is 2. The Morgan fingerprint density at radius 1 is 1.04 bits per heavy atom. The van der Waals surface area contributed by atoms with E-state index in [1.165, 1.54) is 5.69 Å². The molecule has 0 radical (unpaired) electrons. The minimum atomic E-state index is 0.285. The summed E-state index contributed by atoms with van der Waals surface area (Å²) >= 11 is 0. The summed E-state index contributed by atoms with van der Waals surface area (Å²) in [5, 5.41) is 12.6. The van der Waals surface area contributed by atoms with Crippen LogP contribution in [0.3, 0.4) is 0 Å². The molecule has 4 rings (SSSR count). The second-order valence-electron chi connectivity index (χ2n) is 7.62. The van der Waals surface area contributed by atoms with E-state index in [9.17, 15) is 0 Å². The molecule has 0 bridgehead atoms. The quantitative estimate of drug-likeness (QED) is 0.649. The van der Waals surface area contributed by atoms with E-state index in [0.717, 1.165) is 37.8 Å². The van der Waals surface area contributed by atoms with Crippen molar-refractivity contribution in [2.24, 2.45) is 5.92 Å². The molecule has 0 spiro atoms. The standard InChI is InChI=1S/C20H26N6O/c1-16(2)19(20-21-22-23-26(20)15-18-9-6-14-27-18)25-12-10-24(11-13-25)17-7-4-3-5-8-17/h3-9,14,16,19H,10-13,15H2,1-2H3/p+2/t19-/m0/s1. The number of nitrogens with zero attached hydrogens (tertiary/aromatic N) is 4. The van der Waals surface area contributed by atoms with Crippen LogP contribution in [0.5, 0.6) is 0 Å². The maximum absolute atomic E-state index is 5.48. The van der Waals surface area contributed by atoms with Crippen molar-refractivity contribution in [2.75, 3.05) is 26.2 Å². The minimum Gasteiger partial charge on any atom is -0.467 e. The molecule has 1 atom stereocenters. The SMILES string of the molecule is CC(C)[C@@H](c1nnnn1Cc1ccco1)[NH+]1CC[NH+](c2ccccc2)CC1. The fourth-order valence-electron chi connectivity index (χ4n) is 4.20. The van der Waals surface area contributed by atoms with Crippen molar-refractivity contribution < 1.29 is 14.2 Å². The highest BCUT2D eigenvalue weighted by atomic mass is 16.3. The third-order valence-electron chi connectivity index (χ3n) is 5.51. The van der Waals surface area contributed by atoms with E-state index in [1.807, 2.05) is 16.8 Å². The van der Waals surface area contributed by atoms with Crippen molar-refractivity contribution in [3.8, 4) is 0 Å². The first-order valence-corrected chi connectivity index (χ1v) is 9.75. The van der Waals surface area contributed by atoms with Gasteiger partial charge in [-0.3, -0.25) is 4.90 Å². The Balaban J connectivity index is 1.49. The monoisotopic (exact) mass is 368 g/mol. The molecule has 1 aliphatic rings. The van der Waals surface area contributed by atoms with Crippen LogP contribution < -0.4 is 9.80 Å². The van der Waals surface area contributed by atoms with Crippen LogP contribution in [-0.2, 0) is 6.54 Å². The van der Waals surface area contributed by atoms with Crippen LogP contribution in [-0.4, -0.2) is 46.4 Å². The van der Waals surface area contributed by atoms with Crippen LogP contribution in [0.25, 0.3) is 0 Å². The zero-order chi connectivity index (χ0) is 18.6. The summed E-state index contributed by atoms with van der Waals surface area (Å²) in [7, 11) is 0. The number of tetrazole rings is 1. The molecule has 27 heavy (non-hydrogen) atoms. The zero-order valence-corrected chi connectivity index (χ0v) is 16.0. The molecular weight excluding hydrogens is 340 g/mol. The zero-order valence-electron chi connectivity index (χ0n) is 16.0. The first-order chi connectivity index (χ1) is 13.2. The van der Waals surface area contributed by atoms with Crippen LogP contribution in [0.4, 0.5) is 5.69 Å². The Kier molecular flexibility index (Phi) is 5.31. The molecule has 7 heteroatoms. The van der Waals surface area contributed by atoms with Crippen molar-refractivity contribution in [3.05, 3.63) is 60.3 Å². The summed E-state index contributed by atoms with van der Waals surface area (Å²) in [6.07, 6.45) is 1.69. The third-order valence-corrected chi connectivity index (χ3v) is 5.51. The Morgan fingerprint density at radius 3 is 2.48 bits per heavy atom. The molecule has 2 N–H and O–H groups in total. The van der Waals surface area contributed by atoms with Gasteiger partial charge in [0.15, 0.2) is 6.04 Å². The van der Waals surface area contributed by atoms with Gasteiger partial charge >= 0.3 is 0 Å². The summed E-state index contributed by atoms with van der Waals surface area (Å²) in [5.74, 6) is 2.29. The van der Waals surface area contributed by atoms with E-state index in [0.29, 0.717) is 12.5 Å². The second-order valence-corrected chi connectivity index (χ2v) is 7.62. The van der Waals surface area contributed by atoms with Gasteiger partial charge in [0.1, 0.15) is 44.2 Å². The number of aromatic nitrogens is 4. The van der Waals surface area contributed by atoms with Crippen LogP contribution in [0.1, 0.15) is 31.5 Å². The topological polar surface area (TPSA) is 65.6 Å². The molecule has 0 amide bonds. The number of quaternary nitrogens is 2. The van der Waals surface area contributed by atoms with Crippen LogP contribution in [0.2, 0.25) is 0 Å². The minimum absolute atomic E-state index is 0.285. The van der Waals surface area contributed by atoms with Crippen molar-refractivity contribution in [1.29, 1.82) is 0 Å². The number of piperazine rings is 1. The average Bonchev–Trinajstić information content (AvgIpc) is 3.36. The van der Waals surface area contributed by atoms with Gasteiger partial charge in [-0.25, -0.2) is 4.68 Å². The number of furan rings is 1. The average molecular weight is 368 g/mol. The number of hydrogen-bond acceptors (Lipinski definition) is 4. The molecule has 1 saturated heterocycles. The van der Waals surface area contributed by atoms with Crippen molar-refractivity contribution in [1.82, 2.24) is 20.2 Å². The second kappa shape index (κ2) is 8.02. The van der Waals surface area contributed by atoms with Gasteiger partial charge in [0.25, 0.3) is 0 Å². The summed E-state index contributed by atoms with van der Waals surface area (Å²) in [6.45, 7) is 9.58. The molecule has 7 nitrogen and oxygen atoms in total. The molecule has 0 aliphatic carbocycles. The maximum atomic E-state index is 5.48. The van der Waals surface area contributed by atoms with Gasteiger partial charge in [-0.1, -0.05) is 32.0 Å². The number of para-hydroxylation sites is 1. The van der Waals surface area contributed by atoms with Gasteiger partial charge in [-0.2, -0.15) is 0 Å². The lowest BCUT2D eigenvalue weighted by Gasteiger charge is -2.35. The lowest BCUT2D eigenvalue weighted by atomic mass is 10.0. The van der Waals surface area contributed by atoms with E-state index in [1.54, 1.807) is 16.1 Å². The maximum Gasteiger partial charge on any atom is 0.210 e. The van der Waals surface area contributed by atoms with Gasteiger partial charge in [-0.15, -0.1) is 5.10 Å². The van der Waals surface area contributed by atoms with Gasteiger partial charge in [0.2, 0.25) is 5.82 Å². The van der Waals surface area contributed by atoms with E-state index < -0.39 is 0 Å². The predicted molar refractivity (Wildman–Crippen MR) is 101 cm³/mol. The molecular formula is C20H28N6O+2. The molecule has 2 aromatic heterocycles. The smallest absolute Gasteiger partial charge is 0.210 e. The lowest BCUT2D eigenvalue weighted by Crippen LogP contribution is -3.26. The molecule has 0 unspecified atom stereocenters. The third kappa shape index (κ3) is 3.94. The summed E-state index contributed by atoms with van der Waals surface area (Å²) in [4.78, 5) is 3.14. The number of hydrogen-bond donors (Lipinski definition) is 2. The first-order valence-electron chi connectivity index (χ1n) is 9.75. The van der Waals surface area contributed by atoms with Gasteiger partial charge in [-0.05, 0) is 34.7 Å². The van der Waals surface area contributed by atoms with Crippen LogP contribution in [0.15, 0.2) is 53.1 Å². The largest absolute Gasteiger partial charge is 0.467 e. The van der Waals surface area contributed by atoms with E-state index in [4.69, 9.17) is 4.42 Å². The molecule has 1 fully saturated rings. The summed E-state index contributed by atoms with van der Waals surface area (Å²) < 4.78 is 7.38. The van der Waals surface area contributed by atoms with E-state index in [2.05, 4.69) is 59.7 Å². The Hall–Kier alpha value is -2.51. The Labute approximate surface area is 159 Å². The summed E-state index contributed by atoms with van der Waals surface area (Å²) in [5.41, 5.74) is 1.39. The van der Waals surface area contributed by atoms with Crippen LogP contribution in [0, 0.1) is 5.92 Å². The molecule has 3 heterocycles. The number of rotatable bonds is 6. The van der Waals surface area contributed by atoms with Gasteiger partial charge < -0.3 is 9.32 Å². The van der Waals surface area contributed by atoms with Crippen LogP contribution >= 0.6 is 0 Å². The highest BCUT2D eigenvalue weighted by Gasteiger charge is 2.36. The highest BCUT2D eigenvalue weighted by molar-refractivity contribution is 5.27. The highest BCUT2D eigenvalue weighted by Crippen LogP contribution is 2.17. The lowest BCUT2D eigenvalue weighted by molar-refractivity contribution is -1.01. The Bertz CT molecular complexity index is 821. The number of benzene rings is 1. The van der Waals surface area contributed by atoms with Gasteiger partial charge in [0.05, 0.1) is 6.26 Å². The molecule has 1 aromatic carbocycles. The Morgan fingerprint density at radius 2 is 1.81 bits per heavy atom. The van der Waals surface area contributed by atoms with Crippen molar-refractivity contribution in [3.63, 3.8) is 0 Å². The first kappa shape index (κ1) is 17.9. The predicted octanol–water partition coefficient (Wildman–Crippen LogP) is 0.127. The summed E-state index contributed by atoms with van der Waals surface area (Å²) in [6, 6.07) is 14.9. The molecule has 3 aromatic rings. The fourth-order valence-corrected chi connectivity index (χ4v) is 4.20.